The average molecular weight is 256 g/mol. The summed E-state index contributed by atoms with van der Waals surface area (Å²) in [6.07, 6.45) is 1.46. The van der Waals surface area contributed by atoms with Crippen molar-refractivity contribution in [3.05, 3.63) is 35.4 Å². The standard InChI is InChI=1S/C14H22F2N2/c1-14(2,10-17)6-8-18-7-5-11-9-12(15)3-4-13(11)16/h3-4,9,18H,5-8,10,17H2,1-2H3. The van der Waals surface area contributed by atoms with Crippen molar-refractivity contribution in [1.82, 2.24) is 5.32 Å². The molecule has 4 heteroatoms. The molecule has 0 spiro atoms. The SMILES string of the molecule is CC(C)(CN)CCNCCc1cc(F)ccc1F. The minimum Gasteiger partial charge on any atom is -0.330 e. The normalized spacial score (nSPS) is 11.8. The number of hydrogen-bond acceptors (Lipinski definition) is 2. The highest BCUT2D eigenvalue weighted by Gasteiger charge is 2.14. The maximum absolute atomic E-state index is 13.3. The molecule has 0 aliphatic carbocycles. The van der Waals surface area contributed by atoms with Gasteiger partial charge >= 0.3 is 0 Å². The number of halogens is 2. The Kier molecular flexibility index (Phi) is 5.69. The molecule has 0 saturated carbocycles. The summed E-state index contributed by atoms with van der Waals surface area (Å²) in [5.41, 5.74) is 6.17. The summed E-state index contributed by atoms with van der Waals surface area (Å²) in [6, 6.07) is 3.55. The van der Waals surface area contributed by atoms with Gasteiger partial charge in [-0.25, -0.2) is 8.78 Å². The van der Waals surface area contributed by atoms with Gasteiger partial charge in [0.05, 0.1) is 0 Å². The van der Waals surface area contributed by atoms with Gasteiger partial charge in [0.2, 0.25) is 0 Å². The molecule has 0 saturated heterocycles. The smallest absolute Gasteiger partial charge is 0.126 e. The predicted octanol–water partition coefficient (Wildman–Crippen LogP) is 2.47. The lowest BCUT2D eigenvalue weighted by molar-refractivity contribution is 0.340. The number of benzene rings is 1. The summed E-state index contributed by atoms with van der Waals surface area (Å²) in [7, 11) is 0. The van der Waals surface area contributed by atoms with Crippen LogP contribution in [0.3, 0.4) is 0 Å². The minimum atomic E-state index is -0.393. The molecule has 0 aromatic heterocycles. The maximum Gasteiger partial charge on any atom is 0.126 e. The first-order chi connectivity index (χ1) is 8.44. The van der Waals surface area contributed by atoms with E-state index in [1.165, 1.54) is 12.1 Å². The molecule has 0 aliphatic rings. The van der Waals surface area contributed by atoms with Crippen molar-refractivity contribution >= 4 is 0 Å². The van der Waals surface area contributed by atoms with E-state index in [4.69, 9.17) is 5.73 Å². The molecule has 0 bridgehead atoms. The van der Waals surface area contributed by atoms with Gasteiger partial charge in [0.15, 0.2) is 0 Å². The largest absolute Gasteiger partial charge is 0.330 e. The van der Waals surface area contributed by atoms with Crippen LogP contribution in [-0.4, -0.2) is 19.6 Å². The highest BCUT2D eigenvalue weighted by atomic mass is 19.1. The lowest BCUT2D eigenvalue weighted by Gasteiger charge is -2.22. The van der Waals surface area contributed by atoms with Gasteiger partial charge in [-0.05, 0) is 61.7 Å². The molecule has 0 heterocycles. The molecule has 2 nitrogen and oxygen atoms in total. The summed E-state index contributed by atoms with van der Waals surface area (Å²) >= 11 is 0. The van der Waals surface area contributed by atoms with E-state index in [1.54, 1.807) is 0 Å². The predicted molar refractivity (Wildman–Crippen MR) is 70.4 cm³/mol. The van der Waals surface area contributed by atoms with Crippen LogP contribution in [0.1, 0.15) is 25.8 Å². The van der Waals surface area contributed by atoms with Crippen LogP contribution in [-0.2, 0) is 6.42 Å². The van der Waals surface area contributed by atoms with E-state index in [0.717, 1.165) is 19.0 Å². The van der Waals surface area contributed by atoms with E-state index >= 15 is 0 Å². The third-order valence-corrected chi connectivity index (χ3v) is 3.11. The molecule has 1 aromatic carbocycles. The van der Waals surface area contributed by atoms with Crippen LogP contribution in [0.2, 0.25) is 0 Å². The minimum absolute atomic E-state index is 0.122. The van der Waals surface area contributed by atoms with Gasteiger partial charge in [-0.15, -0.1) is 0 Å². The first-order valence-electron chi connectivity index (χ1n) is 6.29. The van der Waals surface area contributed by atoms with Gasteiger partial charge in [0.1, 0.15) is 11.6 Å². The highest BCUT2D eigenvalue weighted by Crippen LogP contribution is 2.16. The van der Waals surface area contributed by atoms with Gasteiger partial charge in [-0.1, -0.05) is 13.8 Å². The van der Waals surface area contributed by atoms with Crippen molar-refractivity contribution in [3.63, 3.8) is 0 Å². The summed E-state index contributed by atoms with van der Waals surface area (Å²) in [5.74, 6) is -0.740. The fourth-order valence-corrected chi connectivity index (χ4v) is 1.61. The molecule has 0 radical (unpaired) electrons. The van der Waals surface area contributed by atoms with Crippen LogP contribution in [0, 0.1) is 17.0 Å². The molecule has 18 heavy (non-hydrogen) atoms. The van der Waals surface area contributed by atoms with Crippen molar-refractivity contribution in [2.24, 2.45) is 11.1 Å². The van der Waals surface area contributed by atoms with Crippen LogP contribution in [0.4, 0.5) is 8.78 Å². The van der Waals surface area contributed by atoms with Crippen molar-refractivity contribution in [1.29, 1.82) is 0 Å². The molecule has 1 rings (SSSR count). The monoisotopic (exact) mass is 256 g/mol. The Hall–Kier alpha value is -1.00. The molecule has 0 fully saturated rings. The van der Waals surface area contributed by atoms with Crippen molar-refractivity contribution in [2.75, 3.05) is 19.6 Å². The highest BCUT2D eigenvalue weighted by molar-refractivity contribution is 5.18. The van der Waals surface area contributed by atoms with E-state index in [2.05, 4.69) is 19.2 Å². The second-order valence-electron chi connectivity index (χ2n) is 5.35. The summed E-state index contributed by atoms with van der Waals surface area (Å²) in [4.78, 5) is 0. The zero-order chi connectivity index (χ0) is 13.6. The zero-order valence-electron chi connectivity index (χ0n) is 11.1. The number of rotatable bonds is 7. The molecule has 0 aliphatic heterocycles. The topological polar surface area (TPSA) is 38.0 Å². The number of hydrogen-bond donors (Lipinski definition) is 2. The van der Waals surface area contributed by atoms with Crippen LogP contribution in [0.25, 0.3) is 0 Å². The first-order valence-corrected chi connectivity index (χ1v) is 6.29. The maximum atomic E-state index is 13.3. The molecular formula is C14H22F2N2. The Bertz CT molecular complexity index is 378. The molecule has 102 valence electrons. The summed E-state index contributed by atoms with van der Waals surface area (Å²) in [5, 5.41) is 3.23. The third-order valence-electron chi connectivity index (χ3n) is 3.11. The molecular weight excluding hydrogens is 234 g/mol. The fourth-order valence-electron chi connectivity index (χ4n) is 1.61. The second-order valence-corrected chi connectivity index (χ2v) is 5.35. The van der Waals surface area contributed by atoms with Gasteiger partial charge in [0.25, 0.3) is 0 Å². The van der Waals surface area contributed by atoms with Crippen LogP contribution in [0.15, 0.2) is 18.2 Å². The second kappa shape index (κ2) is 6.81. The van der Waals surface area contributed by atoms with Gasteiger partial charge in [-0.2, -0.15) is 0 Å². The summed E-state index contributed by atoms with van der Waals surface area (Å²) < 4.78 is 26.2. The molecule has 0 atom stereocenters. The lowest BCUT2D eigenvalue weighted by Crippen LogP contribution is -2.29. The summed E-state index contributed by atoms with van der Waals surface area (Å²) in [6.45, 7) is 6.34. The van der Waals surface area contributed by atoms with Crippen molar-refractivity contribution in [2.45, 2.75) is 26.7 Å². The average Bonchev–Trinajstić information content (AvgIpc) is 2.33. The van der Waals surface area contributed by atoms with Crippen LogP contribution >= 0.6 is 0 Å². The van der Waals surface area contributed by atoms with E-state index in [-0.39, 0.29) is 11.2 Å². The van der Waals surface area contributed by atoms with E-state index in [9.17, 15) is 8.78 Å². The number of nitrogens with one attached hydrogen (secondary N) is 1. The van der Waals surface area contributed by atoms with Crippen molar-refractivity contribution in [3.8, 4) is 0 Å². The fraction of sp³-hybridized carbons (Fsp3) is 0.571. The number of nitrogens with two attached hydrogens (primary N) is 1. The molecule has 1 aromatic rings. The first kappa shape index (κ1) is 15.1. The van der Waals surface area contributed by atoms with Crippen LogP contribution < -0.4 is 11.1 Å². The van der Waals surface area contributed by atoms with E-state index in [1.807, 2.05) is 0 Å². The molecule has 0 amide bonds. The van der Waals surface area contributed by atoms with Crippen LogP contribution in [0.5, 0.6) is 0 Å². The van der Waals surface area contributed by atoms with Crippen molar-refractivity contribution < 1.29 is 8.78 Å². The molecule has 3 N–H and O–H groups in total. The quantitative estimate of drug-likeness (QED) is 0.735. The lowest BCUT2D eigenvalue weighted by atomic mass is 9.90. The Balaban J connectivity index is 2.28. The zero-order valence-corrected chi connectivity index (χ0v) is 11.1. The third kappa shape index (κ3) is 5.10. The Morgan fingerprint density at radius 3 is 2.61 bits per heavy atom. The van der Waals surface area contributed by atoms with E-state index < -0.39 is 5.82 Å². The Labute approximate surface area is 108 Å². The van der Waals surface area contributed by atoms with Gasteiger partial charge in [0, 0.05) is 0 Å². The Morgan fingerprint density at radius 1 is 1.22 bits per heavy atom. The Morgan fingerprint density at radius 2 is 1.94 bits per heavy atom. The van der Waals surface area contributed by atoms with E-state index in [0.29, 0.717) is 25.1 Å². The molecule has 0 unspecified atom stereocenters. The van der Waals surface area contributed by atoms with Gasteiger partial charge < -0.3 is 11.1 Å². The van der Waals surface area contributed by atoms with Gasteiger partial charge in [-0.3, -0.25) is 0 Å².